The molecule has 1 unspecified atom stereocenters. The smallest absolute Gasteiger partial charge is 0.416 e. The average molecular weight is 229 g/mol. The largest absolute Gasteiger partial charge is 0.496 e. The minimum Gasteiger partial charge on any atom is -0.496 e. The molecule has 0 aliphatic rings. The van der Waals surface area contributed by atoms with Crippen LogP contribution in [-0.4, -0.2) is 7.11 Å². The Morgan fingerprint density at radius 2 is 2.00 bits per heavy atom. The van der Waals surface area contributed by atoms with E-state index in [1.165, 1.54) is 20.1 Å². The number of halogens is 3. The van der Waals surface area contributed by atoms with Gasteiger partial charge in [-0.3, -0.25) is 0 Å². The van der Waals surface area contributed by atoms with E-state index in [0.29, 0.717) is 5.75 Å². The van der Waals surface area contributed by atoms with Gasteiger partial charge in [-0.05, 0) is 25.1 Å². The molecule has 0 bridgehead atoms. The fourth-order valence-electron chi connectivity index (χ4n) is 1.32. The number of rotatable bonds is 2. The highest BCUT2D eigenvalue weighted by Crippen LogP contribution is 2.35. The lowest BCUT2D eigenvalue weighted by Crippen LogP contribution is -2.07. The number of alkyl halides is 3. The second kappa shape index (κ2) is 4.44. The van der Waals surface area contributed by atoms with E-state index in [4.69, 9.17) is 10.00 Å². The van der Waals surface area contributed by atoms with Crippen LogP contribution in [0.15, 0.2) is 18.2 Å². The van der Waals surface area contributed by atoms with Crippen LogP contribution in [0.1, 0.15) is 24.0 Å². The van der Waals surface area contributed by atoms with Crippen LogP contribution >= 0.6 is 0 Å². The molecule has 1 aromatic carbocycles. The summed E-state index contributed by atoms with van der Waals surface area (Å²) >= 11 is 0. The summed E-state index contributed by atoms with van der Waals surface area (Å²) in [6.07, 6.45) is -4.41. The van der Waals surface area contributed by atoms with Crippen molar-refractivity contribution < 1.29 is 17.9 Å². The van der Waals surface area contributed by atoms with E-state index in [1.807, 2.05) is 6.07 Å². The minimum absolute atomic E-state index is 0.250. The zero-order valence-electron chi connectivity index (χ0n) is 8.80. The molecule has 1 atom stereocenters. The van der Waals surface area contributed by atoms with Crippen molar-refractivity contribution in [3.05, 3.63) is 29.3 Å². The molecule has 0 aliphatic heterocycles. The molecule has 0 spiro atoms. The van der Waals surface area contributed by atoms with Gasteiger partial charge >= 0.3 is 6.18 Å². The molecular formula is C11H10F3NO. The summed E-state index contributed by atoms with van der Waals surface area (Å²) in [5.74, 6) is -0.348. The number of ether oxygens (including phenoxy) is 1. The molecule has 0 radical (unpaired) electrons. The van der Waals surface area contributed by atoms with E-state index in [1.54, 1.807) is 0 Å². The predicted molar refractivity (Wildman–Crippen MR) is 52.0 cm³/mol. The van der Waals surface area contributed by atoms with Crippen LogP contribution in [0, 0.1) is 11.3 Å². The number of nitrogens with zero attached hydrogens (tertiary/aromatic N) is 1. The summed E-state index contributed by atoms with van der Waals surface area (Å²) in [6.45, 7) is 1.53. The molecule has 2 nitrogen and oxygen atoms in total. The van der Waals surface area contributed by atoms with E-state index in [-0.39, 0.29) is 5.56 Å². The highest BCUT2D eigenvalue weighted by molar-refractivity contribution is 5.42. The average Bonchev–Trinajstić information content (AvgIpc) is 2.25. The fourth-order valence-corrected chi connectivity index (χ4v) is 1.32. The summed E-state index contributed by atoms with van der Waals surface area (Å²) in [7, 11) is 1.36. The number of nitriles is 1. The van der Waals surface area contributed by atoms with Gasteiger partial charge in [0.15, 0.2) is 0 Å². The van der Waals surface area contributed by atoms with Gasteiger partial charge in [0.2, 0.25) is 0 Å². The van der Waals surface area contributed by atoms with Crippen LogP contribution in [-0.2, 0) is 6.18 Å². The molecule has 0 saturated carbocycles. The van der Waals surface area contributed by atoms with Gasteiger partial charge in [0, 0.05) is 5.56 Å². The lowest BCUT2D eigenvalue weighted by Gasteiger charge is -2.13. The van der Waals surface area contributed by atoms with Crippen LogP contribution < -0.4 is 4.74 Å². The van der Waals surface area contributed by atoms with Crippen molar-refractivity contribution in [2.75, 3.05) is 7.11 Å². The first-order valence-corrected chi connectivity index (χ1v) is 4.55. The number of hydrogen-bond acceptors (Lipinski definition) is 2. The van der Waals surface area contributed by atoms with Gasteiger partial charge in [0.05, 0.1) is 24.7 Å². The monoisotopic (exact) mass is 229 g/mol. The standard InChI is InChI=1S/C11H10F3NO/c1-7(6-15)9-5-8(11(12,13)14)3-4-10(9)16-2/h3-5,7H,1-2H3. The first-order chi connectivity index (χ1) is 7.40. The van der Waals surface area contributed by atoms with Crippen LogP contribution in [0.25, 0.3) is 0 Å². The molecule has 1 aromatic rings. The van der Waals surface area contributed by atoms with Crippen molar-refractivity contribution in [2.45, 2.75) is 19.0 Å². The summed E-state index contributed by atoms with van der Waals surface area (Å²) in [6, 6.07) is 5.00. The summed E-state index contributed by atoms with van der Waals surface area (Å²) in [4.78, 5) is 0. The maximum atomic E-state index is 12.4. The molecule has 0 aliphatic carbocycles. The molecule has 86 valence electrons. The molecule has 0 saturated heterocycles. The lowest BCUT2D eigenvalue weighted by molar-refractivity contribution is -0.137. The van der Waals surface area contributed by atoms with Gasteiger partial charge in [-0.25, -0.2) is 0 Å². The van der Waals surface area contributed by atoms with Crippen LogP contribution in [0.2, 0.25) is 0 Å². The summed E-state index contributed by atoms with van der Waals surface area (Å²) in [5, 5.41) is 8.72. The molecule has 0 heterocycles. The van der Waals surface area contributed by atoms with Crippen molar-refractivity contribution in [3.63, 3.8) is 0 Å². The molecule has 5 heteroatoms. The van der Waals surface area contributed by atoms with Gasteiger partial charge in [0.25, 0.3) is 0 Å². The zero-order chi connectivity index (χ0) is 12.3. The third kappa shape index (κ3) is 2.45. The van der Waals surface area contributed by atoms with E-state index in [9.17, 15) is 13.2 Å². The number of hydrogen-bond donors (Lipinski definition) is 0. The SMILES string of the molecule is COc1ccc(C(F)(F)F)cc1C(C)C#N. The fraction of sp³-hybridized carbons (Fsp3) is 0.364. The van der Waals surface area contributed by atoms with Crippen molar-refractivity contribution in [1.82, 2.24) is 0 Å². The highest BCUT2D eigenvalue weighted by atomic mass is 19.4. The van der Waals surface area contributed by atoms with Crippen LogP contribution in [0.4, 0.5) is 13.2 Å². The van der Waals surface area contributed by atoms with Gasteiger partial charge in [-0.15, -0.1) is 0 Å². The molecule has 0 amide bonds. The van der Waals surface area contributed by atoms with Gasteiger partial charge in [-0.1, -0.05) is 0 Å². The van der Waals surface area contributed by atoms with E-state index in [0.717, 1.165) is 12.1 Å². The van der Waals surface area contributed by atoms with E-state index in [2.05, 4.69) is 0 Å². The topological polar surface area (TPSA) is 33.0 Å². The molecule has 0 aromatic heterocycles. The van der Waals surface area contributed by atoms with Crippen molar-refractivity contribution in [2.24, 2.45) is 0 Å². The third-order valence-corrected chi connectivity index (χ3v) is 2.22. The van der Waals surface area contributed by atoms with Crippen molar-refractivity contribution in [1.29, 1.82) is 5.26 Å². The highest BCUT2D eigenvalue weighted by Gasteiger charge is 2.31. The first-order valence-electron chi connectivity index (χ1n) is 4.55. The second-order valence-electron chi connectivity index (χ2n) is 3.31. The van der Waals surface area contributed by atoms with Crippen LogP contribution in [0.3, 0.4) is 0 Å². The quantitative estimate of drug-likeness (QED) is 0.779. The Bertz CT molecular complexity index is 420. The maximum Gasteiger partial charge on any atom is 0.416 e. The second-order valence-corrected chi connectivity index (χ2v) is 3.31. The Hall–Kier alpha value is -1.70. The normalized spacial score (nSPS) is 13.0. The lowest BCUT2D eigenvalue weighted by atomic mass is 9.99. The number of methoxy groups -OCH3 is 1. The van der Waals surface area contributed by atoms with Crippen molar-refractivity contribution >= 4 is 0 Å². The minimum atomic E-state index is -4.41. The first kappa shape index (κ1) is 12.4. The molecule has 0 fully saturated rings. The molecule has 0 N–H and O–H groups in total. The maximum absolute atomic E-state index is 12.4. The Morgan fingerprint density at radius 3 is 2.44 bits per heavy atom. The molecule has 1 rings (SSSR count). The molecular weight excluding hydrogens is 219 g/mol. The number of benzene rings is 1. The van der Waals surface area contributed by atoms with Crippen LogP contribution in [0.5, 0.6) is 5.75 Å². The Kier molecular flexibility index (Phi) is 3.43. The summed E-state index contributed by atoms with van der Waals surface area (Å²) < 4.78 is 42.3. The van der Waals surface area contributed by atoms with Gasteiger partial charge < -0.3 is 4.74 Å². The third-order valence-electron chi connectivity index (χ3n) is 2.22. The van der Waals surface area contributed by atoms with E-state index >= 15 is 0 Å². The van der Waals surface area contributed by atoms with Crippen molar-refractivity contribution in [3.8, 4) is 11.8 Å². The zero-order valence-corrected chi connectivity index (χ0v) is 8.80. The van der Waals surface area contributed by atoms with Gasteiger partial charge in [-0.2, -0.15) is 18.4 Å². The predicted octanol–water partition coefficient (Wildman–Crippen LogP) is 3.34. The Balaban J connectivity index is 3.28. The molecule has 16 heavy (non-hydrogen) atoms. The van der Waals surface area contributed by atoms with E-state index < -0.39 is 17.7 Å². The van der Waals surface area contributed by atoms with Gasteiger partial charge in [0.1, 0.15) is 5.75 Å². The Morgan fingerprint density at radius 1 is 1.38 bits per heavy atom. The Labute approximate surface area is 91.3 Å². The summed E-state index contributed by atoms with van der Waals surface area (Å²) in [5.41, 5.74) is -0.523.